The molecule has 4 heteroatoms. The predicted octanol–water partition coefficient (Wildman–Crippen LogP) is 3.31. The lowest BCUT2D eigenvalue weighted by Crippen LogP contribution is -1.80. The molecule has 86 valence electrons. The quantitative estimate of drug-likeness (QED) is 0.817. The van der Waals surface area contributed by atoms with Crippen LogP contribution in [0.5, 0.6) is 0 Å². The van der Waals surface area contributed by atoms with Gasteiger partial charge in [0.25, 0.3) is 6.47 Å². The Morgan fingerprint density at radius 3 is 2.75 bits per heavy atom. The van der Waals surface area contributed by atoms with E-state index in [0.29, 0.717) is 13.1 Å². The lowest BCUT2D eigenvalue weighted by molar-refractivity contribution is -0.128. The molecule has 0 aliphatic heterocycles. The summed E-state index contributed by atoms with van der Waals surface area (Å²) in [6.07, 6.45) is 1.97. The predicted molar refractivity (Wildman–Crippen MR) is 65.7 cm³/mol. The van der Waals surface area contributed by atoms with Crippen LogP contribution in [0.3, 0.4) is 0 Å². The van der Waals surface area contributed by atoms with E-state index in [1.54, 1.807) is 6.92 Å². The zero-order valence-corrected chi connectivity index (χ0v) is 10.0. The van der Waals surface area contributed by atoms with Crippen LogP contribution in [0.1, 0.15) is 12.5 Å². The third kappa shape index (κ3) is 3.00. The minimum Gasteiger partial charge on any atom is -0.468 e. The molecule has 0 fully saturated rings. The van der Waals surface area contributed by atoms with Gasteiger partial charge in [-0.25, -0.2) is 0 Å². The van der Waals surface area contributed by atoms with Gasteiger partial charge in [0.1, 0.15) is 0 Å². The minimum absolute atomic E-state index is 0.431. The standard InChI is InChI=1S/C9H8ClN.C3H6O2/c1-6-5-11-9-7(6)3-2-4-8(9)10;1-2-5-3-4/h2-5,11H,1H3;3H,2H2,1H3. The van der Waals surface area contributed by atoms with Crippen LogP contribution in [-0.4, -0.2) is 18.1 Å². The summed E-state index contributed by atoms with van der Waals surface area (Å²) in [5.74, 6) is 0. The third-order valence-electron chi connectivity index (χ3n) is 2.11. The molecule has 0 radical (unpaired) electrons. The van der Waals surface area contributed by atoms with Crippen LogP contribution in [0, 0.1) is 6.92 Å². The van der Waals surface area contributed by atoms with Gasteiger partial charge >= 0.3 is 0 Å². The summed E-state index contributed by atoms with van der Waals surface area (Å²) < 4.78 is 4.15. The van der Waals surface area contributed by atoms with Crippen LogP contribution in [0.4, 0.5) is 0 Å². The number of benzene rings is 1. The maximum Gasteiger partial charge on any atom is 0.293 e. The van der Waals surface area contributed by atoms with Crippen LogP contribution in [0.15, 0.2) is 24.4 Å². The van der Waals surface area contributed by atoms with Crippen molar-refractivity contribution in [3.05, 3.63) is 35.0 Å². The van der Waals surface area contributed by atoms with E-state index in [2.05, 4.69) is 22.7 Å². The van der Waals surface area contributed by atoms with E-state index in [4.69, 9.17) is 11.6 Å². The molecule has 0 aliphatic carbocycles. The number of carbonyl (C=O) groups excluding carboxylic acids is 1. The van der Waals surface area contributed by atoms with Gasteiger partial charge in [0, 0.05) is 11.6 Å². The molecule has 3 nitrogen and oxygen atoms in total. The second-order valence-corrected chi connectivity index (χ2v) is 3.59. The van der Waals surface area contributed by atoms with E-state index in [1.807, 2.05) is 18.3 Å². The summed E-state index contributed by atoms with van der Waals surface area (Å²) in [5.41, 5.74) is 2.27. The van der Waals surface area contributed by atoms with Crippen molar-refractivity contribution in [3.8, 4) is 0 Å². The van der Waals surface area contributed by atoms with E-state index in [-0.39, 0.29) is 0 Å². The molecule has 0 amide bonds. The van der Waals surface area contributed by atoms with Crippen LogP contribution < -0.4 is 0 Å². The molecule has 16 heavy (non-hydrogen) atoms. The highest BCUT2D eigenvalue weighted by molar-refractivity contribution is 6.35. The number of fused-ring (bicyclic) bond motifs is 1. The lowest BCUT2D eigenvalue weighted by atomic mass is 10.2. The molecule has 1 aromatic carbocycles. The van der Waals surface area contributed by atoms with Gasteiger partial charge in [-0.15, -0.1) is 0 Å². The average molecular weight is 240 g/mol. The number of carbonyl (C=O) groups is 1. The first-order valence-electron chi connectivity index (χ1n) is 4.98. The van der Waals surface area contributed by atoms with Crippen molar-refractivity contribution in [2.75, 3.05) is 6.61 Å². The first kappa shape index (κ1) is 12.6. The van der Waals surface area contributed by atoms with Gasteiger partial charge in [0.15, 0.2) is 0 Å². The maximum absolute atomic E-state index is 9.18. The number of hydrogen-bond acceptors (Lipinski definition) is 2. The Morgan fingerprint density at radius 2 is 2.25 bits per heavy atom. The van der Waals surface area contributed by atoms with Gasteiger partial charge in [-0.3, -0.25) is 4.79 Å². The summed E-state index contributed by atoms with van der Waals surface area (Å²) in [6.45, 7) is 4.73. The Labute approximate surface area is 99.4 Å². The fourth-order valence-electron chi connectivity index (χ4n) is 1.33. The molecule has 2 aromatic rings. The highest BCUT2D eigenvalue weighted by atomic mass is 35.5. The minimum atomic E-state index is 0.431. The maximum atomic E-state index is 9.18. The zero-order chi connectivity index (χ0) is 12.0. The van der Waals surface area contributed by atoms with E-state index in [9.17, 15) is 4.79 Å². The van der Waals surface area contributed by atoms with Gasteiger partial charge in [0.05, 0.1) is 17.1 Å². The molecular formula is C12H14ClNO2. The number of para-hydroxylation sites is 1. The smallest absolute Gasteiger partial charge is 0.293 e. The molecule has 1 aromatic heterocycles. The van der Waals surface area contributed by atoms with Crippen molar-refractivity contribution in [2.45, 2.75) is 13.8 Å². The summed E-state index contributed by atoms with van der Waals surface area (Å²) >= 11 is 5.94. The van der Waals surface area contributed by atoms with E-state index in [1.165, 1.54) is 10.9 Å². The SMILES string of the molecule is CCOC=O.Cc1c[nH]c2c(Cl)cccc12. The van der Waals surface area contributed by atoms with E-state index < -0.39 is 0 Å². The van der Waals surface area contributed by atoms with Crippen molar-refractivity contribution in [2.24, 2.45) is 0 Å². The normalized spacial score (nSPS) is 9.44. The second kappa shape index (κ2) is 6.18. The van der Waals surface area contributed by atoms with Crippen LogP contribution in [-0.2, 0) is 9.53 Å². The number of aromatic nitrogens is 1. The largest absolute Gasteiger partial charge is 0.468 e. The zero-order valence-electron chi connectivity index (χ0n) is 9.29. The van der Waals surface area contributed by atoms with Crippen LogP contribution in [0.2, 0.25) is 5.02 Å². The molecule has 0 bridgehead atoms. The monoisotopic (exact) mass is 239 g/mol. The highest BCUT2D eigenvalue weighted by Gasteiger charge is 2.00. The molecule has 1 N–H and O–H groups in total. The number of aryl methyl sites for hydroxylation is 1. The molecule has 0 saturated carbocycles. The summed E-state index contributed by atoms with van der Waals surface area (Å²) in [5, 5.41) is 1.99. The summed E-state index contributed by atoms with van der Waals surface area (Å²) in [4.78, 5) is 12.3. The molecule has 0 unspecified atom stereocenters. The molecule has 2 rings (SSSR count). The van der Waals surface area contributed by atoms with Crippen molar-refractivity contribution < 1.29 is 9.53 Å². The Morgan fingerprint density at radius 1 is 1.50 bits per heavy atom. The number of ether oxygens (including phenoxy) is 1. The number of halogens is 1. The third-order valence-corrected chi connectivity index (χ3v) is 2.42. The molecule has 1 heterocycles. The fraction of sp³-hybridized carbons (Fsp3) is 0.250. The Kier molecular flexibility index (Phi) is 4.86. The van der Waals surface area contributed by atoms with E-state index in [0.717, 1.165) is 10.5 Å². The van der Waals surface area contributed by atoms with E-state index >= 15 is 0 Å². The number of rotatable bonds is 2. The van der Waals surface area contributed by atoms with Crippen molar-refractivity contribution in [1.29, 1.82) is 0 Å². The Hall–Kier alpha value is -1.48. The second-order valence-electron chi connectivity index (χ2n) is 3.19. The first-order chi connectivity index (χ1) is 7.70. The van der Waals surface area contributed by atoms with Crippen molar-refractivity contribution >= 4 is 29.0 Å². The van der Waals surface area contributed by atoms with Gasteiger partial charge in [-0.1, -0.05) is 23.7 Å². The summed E-state index contributed by atoms with van der Waals surface area (Å²) in [6, 6.07) is 5.92. The topological polar surface area (TPSA) is 42.1 Å². The summed E-state index contributed by atoms with van der Waals surface area (Å²) in [7, 11) is 0. The average Bonchev–Trinajstić information content (AvgIpc) is 2.65. The Balaban J connectivity index is 0.000000221. The lowest BCUT2D eigenvalue weighted by Gasteiger charge is -1.92. The van der Waals surface area contributed by atoms with Gasteiger partial charge in [-0.2, -0.15) is 0 Å². The molecule has 0 aliphatic rings. The van der Waals surface area contributed by atoms with Gasteiger partial charge < -0.3 is 9.72 Å². The fourth-order valence-corrected chi connectivity index (χ4v) is 1.55. The number of nitrogens with one attached hydrogen (secondary N) is 1. The van der Waals surface area contributed by atoms with Crippen molar-refractivity contribution in [1.82, 2.24) is 4.98 Å². The van der Waals surface area contributed by atoms with Gasteiger partial charge in [-0.05, 0) is 25.5 Å². The molecule has 0 saturated heterocycles. The number of aromatic amines is 1. The molecule has 0 spiro atoms. The Bertz CT molecular complexity index is 465. The highest BCUT2D eigenvalue weighted by Crippen LogP contribution is 2.23. The van der Waals surface area contributed by atoms with Crippen LogP contribution >= 0.6 is 11.6 Å². The van der Waals surface area contributed by atoms with Crippen LogP contribution in [0.25, 0.3) is 10.9 Å². The number of H-pyrrole nitrogens is 1. The molecule has 0 atom stereocenters. The number of hydrogen-bond donors (Lipinski definition) is 1. The van der Waals surface area contributed by atoms with Gasteiger partial charge in [0.2, 0.25) is 0 Å². The molecular weight excluding hydrogens is 226 g/mol. The first-order valence-corrected chi connectivity index (χ1v) is 5.36. The van der Waals surface area contributed by atoms with Crippen molar-refractivity contribution in [3.63, 3.8) is 0 Å².